The van der Waals surface area contributed by atoms with E-state index in [1.807, 2.05) is 12.1 Å². The highest BCUT2D eigenvalue weighted by Crippen LogP contribution is 2.46. The monoisotopic (exact) mass is 299 g/mol. The Kier molecular flexibility index (Phi) is 3.34. The first kappa shape index (κ1) is 13.0. The largest absolute Gasteiger partial charge is 0.324 e. The van der Waals surface area contributed by atoms with E-state index in [-0.39, 0.29) is 16.8 Å². The van der Waals surface area contributed by atoms with E-state index < -0.39 is 0 Å². The Bertz CT molecular complexity index is 430. The quantitative estimate of drug-likeness (QED) is 0.876. The zero-order chi connectivity index (χ0) is 12.7. The molecule has 1 aromatic carbocycles. The minimum atomic E-state index is -0.276. The van der Waals surface area contributed by atoms with Gasteiger partial charge in [-0.05, 0) is 42.4 Å². The molecule has 0 radical (unpaired) electrons. The van der Waals surface area contributed by atoms with Crippen molar-refractivity contribution in [3.05, 3.63) is 34.1 Å². The molecule has 1 atom stereocenters. The molecule has 1 aliphatic rings. The van der Waals surface area contributed by atoms with Crippen LogP contribution in [0, 0.1) is 11.2 Å². The highest BCUT2D eigenvalue weighted by Gasteiger charge is 2.45. The van der Waals surface area contributed by atoms with Crippen LogP contribution in [-0.2, 0) is 6.42 Å². The summed E-state index contributed by atoms with van der Waals surface area (Å²) in [6.45, 7) is 4.38. The number of rotatable bonds is 2. The van der Waals surface area contributed by atoms with E-state index in [4.69, 9.17) is 5.73 Å². The molecule has 1 fully saturated rings. The van der Waals surface area contributed by atoms with Crippen molar-refractivity contribution in [2.75, 3.05) is 0 Å². The van der Waals surface area contributed by atoms with E-state index >= 15 is 0 Å². The molecule has 0 aliphatic heterocycles. The summed E-state index contributed by atoms with van der Waals surface area (Å²) in [5, 5.41) is 0. The van der Waals surface area contributed by atoms with E-state index in [2.05, 4.69) is 29.8 Å². The molecule has 17 heavy (non-hydrogen) atoms. The van der Waals surface area contributed by atoms with E-state index in [9.17, 15) is 4.39 Å². The van der Waals surface area contributed by atoms with Gasteiger partial charge in [0.25, 0.3) is 0 Å². The van der Waals surface area contributed by atoms with Crippen LogP contribution in [0.25, 0.3) is 0 Å². The van der Waals surface area contributed by atoms with Gasteiger partial charge in [0.05, 0.1) is 0 Å². The average Bonchev–Trinajstić information content (AvgIpc) is 2.46. The molecule has 0 bridgehead atoms. The molecule has 94 valence electrons. The first-order valence-corrected chi connectivity index (χ1v) is 6.86. The van der Waals surface area contributed by atoms with Crippen LogP contribution >= 0.6 is 15.9 Å². The summed E-state index contributed by atoms with van der Waals surface area (Å²) in [4.78, 5) is 0. The number of nitrogens with two attached hydrogens (primary N) is 1. The van der Waals surface area contributed by atoms with Crippen LogP contribution in [0.1, 0.15) is 38.7 Å². The van der Waals surface area contributed by atoms with E-state index in [1.165, 1.54) is 6.07 Å². The molecule has 0 heterocycles. The average molecular weight is 300 g/mol. The standard InChI is InChI=1S/C14H19BrFN/c1-13(2)6-3-7-14(13,17)9-10-4-5-11(15)8-12(10)16/h4-5,8H,3,6-7,9,17H2,1-2H3. The van der Waals surface area contributed by atoms with Crippen molar-refractivity contribution in [2.24, 2.45) is 11.1 Å². The second-order valence-corrected chi connectivity index (χ2v) is 6.72. The van der Waals surface area contributed by atoms with Crippen molar-refractivity contribution in [3.63, 3.8) is 0 Å². The predicted octanol–water partition coefficient (Wildman–Crippen LogP) is 4.04. The summed E-state index contributed by atoms with van der Waals surface area (Å²) in [6.07, 6.45) is 3.87. The molecule has 3 heteroatoms. The van der Waals surface area contributed by atoms with Crippen LogP contribution in [0.15, 0.2) is 22.7 Å². The number of hydrogen-bond acceptors (Lipinski definition) is 1. The Labute approximate surface area is 111 Å². The fourth-order valence-electron chi connectivity index (χ4n) is 2.77. The zero-order valence-corrected chi connectivity index (χ0v) is 12.0. The number of benzene rings is 1. The lowest BCUT2D eigenvalue weighted by Crippen LogP contribution is -2.50. The molecule has 1 aliphatic carbocycles. The highest BCUT2D eigenvalue weighted by atomic mass is 79.9. The maximum atomic E-state index is 13.8. The molecule has 1 aromatic rings. The minimum absolute atomic E-state index is 0.0898. The van der Waals surface area contributed by atoms with Gasteiger partial charge < -0.3 is 5.73 Å². The Hall–Kier alpha value is -0.410. The van der Waals surface area contributed by atoms with Gasteiger partial charge in [-0.15, -0.1) is 0 Å². The smallest absolute Gasteiger partial charge is 0.127 e. The number of hydrogen-bond donors (Lipinski definition) is 1. The van der Waals surface area contributed by atoms with Gasteiger partial charge in [-0.25, -0.2) is 4.39 Å². The Morgan fingerprint density at radius 3 is 2.59 bits per heavy atom. The van der Waals surface area contributed by atoms with Gasteiger partial charge >= 0.3 is 0 Å². The van der Waals surface area contributed by atoms with Crippen LogP contribution in [-0.4, -0.2) is 5.54 Å². The summed E-state index contributed by atoms with van der Waals surface area (Å²) < 4.78 is 14.6. The molecular weight excluding hydrogens is 281 g/mol. The van der Waals surface area contributed by atoms with E-state index in [0.717, 1.165) is 29.3 Å². The minimum Gasteiger partial charge on any atom is -0.324 e. The Balaban J connectivity index is 2.26. The predicted molar refractivity (Wildman–Crippen MR) is 72.4 cm³/mol. The Morgan fingerprint density at radius 2 is 2.06 bits per heavy atom. The van der Waals surface area contributed by atoms with Crippen molar-refractivity contribution in [2.45, 2.75) is 45.1 Å². The third kappa shape index (κ3) is 2.41. The lowest BCUT2D eigenvalue weighted by Gasteiger charge is -2.38. The van der Waals surface area contributed by atoms with Crippen LogP contribution in [0.2, 0.25) is 0 Å². The summed E-state index contributed by atoms with van der Waals surface area (Å²) in [5.41, 5.74) is 7.04. The van der Waals surface area contributed by atoms with Gasteiger partial charge in [-0.2, -0.15) is 0 Å². The van der Waals surface area contributed by atoms with Gasteiger partial charge in [-0.1, -0.05) is 42.3 Å². The molecule has 1 unspecified atom stereocenters. The fourth-order valence-corrected chi connectivity index (χ4v) is 3.10. The normalized spacial score (nSPS) is 27.4. The fraction of sp³-hybridized carbons (Fsp3) is 0.571. The van der Waals surface area contributed by atoms with Crippen LogP contribution in [0.4, 0.5) is 4.39 Å². The third-order valence-corrected chi connectivity index (χ3v) is 4.79. The third-order valence-electron chi connectivity index (χ3n) is 4.29. The SMILES string of the molecule is CC1(C)CCCC1(N)Cc1ccc(Br)cc1F. The van der Waals surface area contributed by atoms with Crippen molar-refractivity contribution >= 4 is 15.9 Å². The first-order chi connectivity index (χ1) is 7.84. The Morgan fingerprint density at radius 1 is 1.35 bits per heavy atom. The maximum absolute atomic E-state index is 13.8. The second-order valence-electron chi connectivity index (χ2n) is 5.81. The molecule has 0 aromatic heterocycles. The highest BCUT2D eigenvalue weighted by molar-refractivity contribution is 9.10. The molecule has 1 nitrogen and oxygen atoms in total. The molecule has 2 rings (SSSR count). The van der Waals surface area contributed by atoms with Gasteiger partial charge in [0.15, 0.2) is 0 Å². The maximum Gasteiger partial charge on any atom is 0.127 e. The van der Waals surface area contributed by atoms with Crippen molar-refractivity contribution in [1.82, 2.24) is 0 Å². The topological polar surface area (TPSA) is 26.0 Å². The summed E-state index contributed by atoms with van der Waals surface area (Å²) in [7, 11) is 0. The van der Waals surface area contributed by atoms with Crippen LogP contribution in [0.3, 0.4) is 0 Å². The summed E-state index contributed by atoms with van der Waals surface area (Å²) in [5.74, 6) is -0.160. The lowest BCUT2D eigenvalue weighted by atomic mass is 9.72. The van der Waals surface area contributed by atoms with Gasteiger partial charge in [-0.3, -0.25) is 0 Å². The molecule has 0 spiro atoms. The summed E-state index contributed by atoms with van der Waals surface area (Å²) >= 11 is 3.27. The van der Waals surface area contributed by atoms with Gasteiger partial charge in [0, 0.05) is 10.0 Å². The second kappa shape index (κ2) is 4.36. The molecule has 2 N–H and O–H groups in total. The zero-order valence-electron chi connectivity index (χ0n) is 10.4. The van der Waals surface area contributed by atoms with E-state index in [0.29, 0.717) is 6.42 Å². The van der Waals surface area contributed by atoms with Gasteiger partial charge in [0.2, 0.25) is 0 Å². The van der Waals surface area contributed by atoms with Crippen LogP contribution < -0.4 is 5.73 Å². The number of halogens is 2. The van der Waals surface area contributed by atoms with Crippen molar-refractivity contribution in [1.29, 1.82) is 0 Å². The summed E-state index contributed by atoms with van der Waals surface area (Å²) in [6, 6.07) is 5.23. The molecule has 1 saturated carbocycles. The molecular formula is C14H19BrFN. The van der Waals surface area contributed by atoms with Crippen molar-refractivity contribution < 1.29 is 4.39 Å². The molecule has 0 saturated heterocycles. The van der Waals surface area contributed by atoms with Crippen LogP contribution in [0.5, 0.6) is 0 Å². The van der Waals surface area contributed by atoms with Crippen molar-refractivity contribution in [3.8, 4) is 0 Å². The first-order valence-electron chi connectivity index (χ1n) is 6.07. The molecule has 0 amide bonds. The van der Waals surface area contributed by atoms with E-state index in [1.54, 1.807) is 0 Å². The van der Waals surface area contributed by atoms with Gasteiger partial charge in [0.1, 0.15) is 5.82 Å². The lowest BCUT2D eigenvalue weighted by molar-refractivity contribution is 0.205.